The molecule has 0 saturated carbocycles. The molecule has 158 valence electrons. The van der Waals surface area contributed by atoms with E-state index in [4.69, 9.17) is 17.3 Å². The molecule has 0 unspecified atom stereocenters. The molecule has 0 amide bonds. The van der Waals surface area contributed by atoms with Gasteiger partial charge in [0.25, 0.3) is 0 Å². The van der Waals surface area contributed by atoms with Gasteiger partial charge in [0.1, 0.15) is 0 Å². The fourth-order valence-electron chi connectivity index (χ4n) is 3.02. The summed E-state index contributed by atoms with van der Waals surface area (Å²) in [7, 11) is -7.24. The third-order valence-corrected chi connectivity index (χ3v) is 8.32. The Morgan fingerprint density at radius 1 is 1.03 bits per heavy atom. The molecule has 12 heteroatoms. The fourth-order valence-corrected chi connectivity index (χ4v) is 6.23. The minimum absolute atomic E-state index is 0.0718. The van der Waals surface area contributed by atoms with E-state index >= 15 is 0 Å². The monoisotopic (exact) mass is 468 g/mol. The number of nitrogens with two attached hydrogens (primary N) is 1. The molecule has 0 atom stereocenters. The first kappa shape index (κ1) is 21.9. The average Bonchev–Trinajstić information content (AvgIpc) is 2.60. The second-order valence-corrected chi connectivity index (χ2v) is 11.2. The maximum absolute atomic E-state index is 13.4. The fraction of sp³-hybridized carbons (Fsp3) is 0.294. The number of sulfonamides is 1. The predicted molar refractivity (Wildman–Crippen MR) is 104 cm³/mol. The van der Waals surface area contributed by atoms with Gasteiger partial charge in [-0.3, -0.25) is 0 Å². The van der Waals surface area contributed by atoms with Crippen LogP contribution in [0.25, 0.3) is 11.1 Å². The Hall–Kier alpha value is -1.82. The summed E-state index contributed by atoms with van der Waals surface area (Å²) in [5.41, 5.74) is 4.07. The first-order valence-corrected chi connectivity index (χ1v) is 11.9. The normalized spacial score (nSPS) is 17.9. The summed E-state index contributed by atoms with van der Waals surface area (Å²) < 4.78 is 89.6. The Labute approximate surface area is 171 Å². The molecule has 0 radical (unpaired) electrons. The van der Waals surface area contributed by atoms with Crippen molar-refractivity contribution in [1.82, 2.24) is 4.31 Å². The zero-order valence-electron chi connectivity index (χ0n) is 14.8. The molecule has 3 rings (SSSR count). The number of alkyl halides is 3. The Bertz CT molecular complexity index is 1130. The van der Waals surface area contributed by atoms with Crippen LogP contribution in [0, 0.1) is 0 Å². The summed E-state index contributed by atoms with van der Waals surface area (Å²) in [5.74, 6) is -0.555. The largest absolute Gasteiger partial charge is 0.417 e. The van der Waals surface area contributed by atoms with Crippen LogP contribution in [0.15, 0.2) is 41.3 Å². The summed E-state index contributed by atoms with van der Waals surface area (Å²) >= 11 is 5.99. The number of rotatable bonds is 3. The quantitative estimate of drug-likeness (QED) is 0.698. The highest BCUT2D eigenvalue weighted by atomic mass is 35.5. The molecule has 2 aromatic carbocycles. The third kappa shape index (κ3) is 4.52. The van der Waals surface area contributed by atoms with Gasteiger partial charge in [0, 0.05) is 24.3 Å². The Morgan fingerprint density at radius 3 is 2.10 bits per heavy atom. The molecule has 0 bridgehead atoms. The van der Waals surface area contributed by atoms with Gasteiger partial charge >= 0.3 is 6.18 Å². The van der Waals surface area contributed by atoms with Crippen LogP contribution >= 0.6 is 11.6 Å². The van der Waals surface area contributed by atoms with Crippen molar-refractivity contribution >= 4 is 37.1 Å². The van der Waals surface area contributed by atoms with Crippen molar-refractivity contribution in [2.45, 2.75) is 11.1 Å². The predicted octanol–water partition coefficient (Wildman–Crippen LogP) is 3.03. The molecular formula is C17H16ClF3N2O4S2. The second-order valence-electron chi connectivity index (χ2n) is 6.50. The van der Waals surface area contributed by atoms with Crippen molar-refractivity contribution in [3.05, 3.63) is 47.0 Å². The highest BCUT2D eigenvalue weighted by Crippen LogP contribution is 2.42. The first-order chi connectivity index (χ1) is 13.3. The topological polar surface area (TPSA) is 97.5 Å². The van der Waals surface area contributed by atoms with Gasteiger partial charge in [0.05, 0.1) is 27.0 Å². The minimum atomic E-state index is -4.71. The van der Waals surface area contributed by atoms with Crippen LogP contribution in [-0.2, 0) is 26.0 Å². The molecule has 0 aliphatic carbocycles. The van der Waals surface area contributed by atoms with Crippen LogP contribution in [0.5, 0.6) is 0 Å². The molecule has 6 nitrogen and oxygen atoms in total. The van der Waals surface area contributed by atoms with Crippen molar-refractivity contribution in [3.8, 4) is 11.1 Å². The van der Waals surface area contributed by atoms with Crippen molar-refractivity contribution in [3.63, 3.8) is 0 Å². The molecule has 0 aromatic heterocycles. The summed E-state index contributed by atoms with van der Waals surface area (Å²) in [5, 5.41) is -0.214. The van der Waals surface area contributed by atoms with Crippen LogP contribution in [-0.4, -0.2) is 45.7 Å². The van der Waals surface area contributed by atoms with E-state index in [1.165, 1.54) is 30.3 Å². The molecular weight excluding hydrogens is 453 g/mol. The number of benzene rings is 2. The van der Waals surface area contributed by atoms with Crippen LogP contribution in [0.4, 0.5) is 18.9 Å². The Morgan fingerprint density at radius 2 is 1.59 bits per heavy atom. The van der Waals surface area contributed by atoms with E-state index in [9.17, 15) is 30.0 Å². The lowest BCUT2D eigenvalue weighted by atomic mass is 9.98. The maximum atomic E-state index is 13.4. The van der Waals surface area contributed by atoms with Crippen molar-refractivity contribution in [2.75, 3.05) is 30.3 Å². The maximum Gasteiger partial charge on any atom is 0.417 e. The lowest BCUT2D eigenvalue weighted by molar-refractivity contribution is -0.137. The molecule has 1 heterocycles. The number of nitrogen functional groups attached to an aromatic ring is 1. The summed E-state index contributed by atoms with van der Waals surface area (Å²) in [6.45, 7) is -0.344. The Kier molecular flexibility index (Phi) is 5.63. The van der Waals surface area contributed by atoms with E-state index in [2.05, 4.69) is 0 Å². The number of hydrogen-bond acceptors (Lipinski definition) is 5. The Balaban J connectivity index is 1.98. The number of hydrogen-bond donors (Lipinski definition) is 1. The van der Waals surface area contributed by atoms with Crippen molar-refractivity contribution in [1.29, 1.82) is 0 Å². The van der Waals surface area contributed by atoms with Gasteiger partial charge in [0.2, 0.25) is 10.0 Å². The first-order valence-electron chi connectivity index (χ1n) is 8.28. The van der Waals surface area contributed by atoms with Crippen LogP contribution in [0.1, 0.15) is 5.56 Å². The molecule has 1 fully saturated rings. The van der Waals surface area contributed by atoms with E-state index in [1.54, 1.807) is 0 Å². The highest BCUT2D eigenvalue weighted by Gasteiger charge is 2.35. The van der Waals surface area contributed by atoms with Gasteiger partial charge in [-0.25, -0.2) is 16.8 Å². The number of sulfone groups is 1. The molecule has 1 aliphatic rings. The van der Waals surface area contributed by atoms with Gasteiger partial charge in [-0.05, 0) is 29.8 Å². The minimum Gasteiger partial charge on any atom is -0.399 e. The molecule has 1 saturated heterocycles. The highest BCUT2D eigenvalue weighted by molar-refractivity contribution is 7.92. The van der Waals surface area contributed by atoms with Crippen LogP contribution < -0.4 is 5.73 Å². The van der Waals surface area contributed by atoms with Gasteiger partial charge in [-0.1, -0.05) is 23.7 Å². The standard InChI is InChI=1S/C17H16ClF3N2O4S2/c18-15-10-12(22)9-14(17(19,20)21)16(15)11-1-3-13(4-2-11)29(26,27)23-5-7-28(24,25)8-6-23/h1-4,9-10H,5-8,22H2. The van der Waals surface area contributed by atoms with E-state index in [1.807, 2.05) is 0 Å². The van der Waals surface area contributed by atoms with Crippen molar-refractivity contribution < 1.29 is 30.0 Å². The number of halogens is 4. The number of nitrogens with zero attached hydrogens (tertiary/aromatic N) is 1. The van der Waals surface area contributed by atoms with Gasteiger partial charge in [-0.15, -0.1) is 0 Å². The number of anilines is 1. The van der Waals surface area contributed by atoms with Gasteiger partial charge in [0.15, 0.2) is 9.84 Å². The van der Waals surface area contributed by atoms with Crippen LogP contribution in [0.3, 0.4) is 0 Å². The van der Waals surface area contributed by atoms with E-state index in [-0.39, 0.29) is 51.3 Å². The SMILES string of the molecule is Nc1cc(Cl)c(-c2ccc(S(=O)(=O)N3CCS(=O)(=O)CC3)cc2)c(C(F)(F)F)c1. The van der Waals surface area contributed by atoms with Crippen LogP contribution in [0.2, 0.25) is 5.02 Å². The van der Waals surface area contributed by atoms with Crippen molar-refractivity contribution in [2.24, 2.45) is 0 Å². The summed E-state index contributed by atoms with van der Waals surface area (Å²) in [6.07, 6.45) is -4.71. The third-order valence-electron chi connectivity index (χ3n) is 4.50. The van der Waals surface area contributed by atoms with E-state index in [0.717, 1.165) is 10.4 Å². The summed E-state index contributed by atoms with van der Waals surface area (Å²) in [6, 6.07) is 6.73. The average molecular weight is 469 g/mol. The zero-order valence-corrected chi connectivity index (χ0v) is 17.2. The van der Waals surface area contributed by atoms with Gasteiger partial charge < -0.3 is 5.73 Å². The molecule has 2 aromatic rings. The van der Waals surface area contributed by atoms with Gasteiger partial charge in [-0.2, -0.15) is 17.5 Å². The molecule has 1 aliphatic heterocycles. The lowest BCUT2D eigenvalue weighted by Gasteiger charge is -2.26. The molecule has 2 N–H and O–H groups in total. The lowest BCUT2D eigenvalue weighted by Crippen LogP contribution is -2.43. The molecule has 29 heavy (non-hydrogen) atoms. The summed E-state index contributed by atoms with van der Waals surface area (Å²) in [4.78, 5) is -0.152. The van der Waals surface area contributed by atoms with E-state index < -0.39 is 31.6 Å². The molecule has 0 spiro atoms. The van der Waals surface area contributed by atoms with E-state index in [0.29, 0.717) is 0 Å². The smallest absolute Gasteiger partial charge is 0.399 e. The zero-order chi connectivity index (χ0) is 21.6. The second kappa shape index (κ2) is 7.46.